The van der Waals surface area contributed by atoms with Crippen LogP contribution in [-0.2, 0) is 18.3 Å². The fourth-order valence-electron chi connectivity index (χ4n) is 2.33. The molecule has 2 rings (SSSR count). The molecule has 6 heteroatoms. The fourth-order valence-corrected chi connectivity index (χ4v) is 2.91. The third kappa shape index (κ3) is 5.65. The van der Waals surface area contributed by atoms with Crippen LogP contribution in [0.5, 0.6) is 0 Å². The zero-order valence-corrected chi connectivity index (χ0v) is 15.4. The third-order valence-electron chi connectivity index (χ3n) is 3.85. The molecule has 0 aliphatic heterocycles. The van der Waals surface area contributed by atoms with Gasteiger partial charge in [0.2, 0.25) is 0 Å². The number of ether oxygens (including phenoxy) is 1. The van der Waals surface area contributed by atoms with E-state index >= 15 is 0 Å². The summed E-state index contributed by atoms with van der Waals surface area (Å²) in [5, 5.41) is 3.39. The molecule has 1 fully saturated rings. The SMILES string of the molecule is CN=C(NCCCOCC1CC1)N(C)Cc1cc(Br)cn1C. The van der Waals surface area contributed by atoms with Gasteiger partial charge in [-0.05, 0) is 47.2 Å². The van der Waals surface area contributed by atoms with E-state index < -0.39 is 0 Å². The quantitative estimate of drug-likeness (QED) is 0.434. The number of guanidine groups is 1. The summed E-state index contributed by atoms with van der Waals surface area (Å²) in [6, 6.07) is 2.13. The molecule has 0 atom stereocenters. The summed E-state index contributed by atoms with van der Waals surface area (Å²) in [7, 11) is 5.94. The Kier molecular flexibility index (Phi) is 6.76. The average molecular weight is 371 g/mol. The molecule has 0 unspecified atom stereocenters. The van der Waals surface area contributed by atoms with Gasteiger partial charge < -0.3 is 19.5 Å². The molecule has 124 valence electrons. The molecule has 0 saturated heterocycles. The second-order valence-corrected chi connectivity index (χ2v) is 6.88. The molecular weight excluding hydrogens is 344 g/mol. The van der Waals surface area contributed by atoms with Crippen LogP contribution in [0.25, 0.3) is 0 Å². The zero-order chi connectivity index (χ0) is 15.9. The Hall–Kier alpha value is -1.01. The Labute approximate surface area is 141 Å². The molecule has 1 heterocycles. The van der Waals surface area contributed by atoms with E-state index in [9.17, 15) is 0 Å². The van der Waals surface area contributed by atoms with Gasteiger partial charge in [0.1, 0.15) is 0 Å². The number of hydrogen-bond acceptors (Lipinski definition) is 2. The zero-order valence-electron chi connectivity index (χ0n) is 13.8. The van der Waals surface area contributed by atoms with Crippen molar-refractivity contribution in [3.8, 4) is 0 Å². The Balaban J connectivity index is 1.67. The molecule has 1 aromatic heterocycles. The highest BCUT2D eigenvalue weighted by Crippen LogP contribution is 2.28. The van der Waals surface area contributed by atoms with Crippen LogP contribution >= 0.6 is 15.9 Å². The van der Waals surface area contributed by atoms with Crippen LogP contribution < -0.4 is 5.32 Å². The molecule has 0 aromatic carbocycles. The Morgan fingerprint density at radius 3 is 2.91 bits per heavy atom. The molecule has 5 nitrogen and oxygen atoms in total. The highest BCUT2D eigenvalue weighted by molar-refractivity contribution is 9.10. The normalized spacial score (nSPS) is 15.2. The van der Waals surface area contributed by atoms with Gasteiger partial charge in [-0.1, -0.05) is 0 Å². The average Bonchev–Trinajstić information content (AvgIpc) is 3.24. The first-order valence-corrected chi connectivity index (χ1v) is 8.69. The highest BCUT2D eigenvalue weighted by atomic mass is 79.9. The van der Waals surface area contributed by atoms with Crippen LogP contribution in [0.1, 0.15) is 25.0 Å². The van der Waals surface area contributed by atoms with Gasteiger partial charge in [-0.15, -0.1) is 0 Å². The molecule has 1 aliphatic rings. The minimum Gasteiger partial charge on any atom is -0.381 e. The van der Waals surface area contributed by atoms with Crippen LogP contribution in [0.4, 0.5) is 0 Å². The number of aryl methyl sites for hydroxylation is 1. The van der Waals surface area contributed by atoms with Crippen molar-refractivity contribution < 1.29 is 4.74 Å². The van der Waals surface area contributed by atoms with Crippen molar-refractivity contribution in [2.24, 2.45) is 18.0 Å². The predicted octanol–water partition coefficient (Wildman–Crippen LogP) is 2.61. The third-order valence-corrected chi connectivity index (χ3v) is 4.28. The Morgan fingerprint density at radius 1 is 1.55 bits per heavy atom. The van der Waals surface area contributed by atoms with Crippen molar-refractivity contribution in [3.63, 3.8) is 0 Å². The number of halogens is 1. The van der Waals surface area contributed by atoms with Crippen LogP contribution in [0, 0.1) is 5.92 Å². The number of rotatable bonds is 8. The van der Waals surface area contributed by atoms with E-state index in [1.54, 1.807) is 0 Å². The number of hydrogen-bond donors (Lipinski definition) is 1. The largest absolute Gasteiger partial charge is 0.381 e. The van der Waals surface area contributed by atoms with Gasteiger partial charge in [-0.3, -0.25) is 4.99 Å². The molecule has 1 aromatic rings. The second kappa shape index (κ2) is 8.58. The minimum atomic E-state index is 0.819. The highest BCUT2D eigenvalue weighted by Gasteiger charge is 2.20. The van der Waals surface area contributed by atoms with Gasteiger partial charge in [-0.2, -0.15) is 0 Å². The van der Waals surface area contributed by atoms with Gasteiger partial charge in [0.05, 0.1) is 6.54 Å². The number of nitrogens with zero attached hydrogens (tertiary/aromatic N) is 3. The van der Waals surface area contributed by atoms with E-state index in [1.165, 1.54) is 18.5 Å². The summed E-state index contributed by atoms with van der Waals surface area (Å²) < 4.78 is 8.88. The first-order valence-electron chi connectivity index (χ1n) is 7.90. The van der Waals surface area contributed by atoms with Crippen LogP contribution in [0.15, 0.2) is 21.7 Å². The lowest BCUT2D eigenvalue weighted by Gasteiger charge is -2.22. The molecule has 1 saturated carbocycles. The Morgan fingerprint density at radius 2 is 2.32 bits per heavy atom. The summed E-state index contributed by atoms with van der Waals surface area (Å²) in [5.41, 5.74) is 1.24. The van der Waals surface area contributed by atoms with Crippen molar-refractivity contribution in [2.45, 2.75) is 25.8 Å². The van der Waals surface area contributed by atoms with Gasteiger partial charge in [0.15, 0.2) is 5.96 Å². The van der Waals surface area contributed by atoms with Crippen LogP contribution in [0.3, 0.4) is 0 Å². The summed E-state index contributed by atoms with van der Waals surface area (Å²) in [5.74, 6) is 1.76. The topological polar surface area (TPSA) is 41.8 Å². The van der Waals surface area contributed by atoms with E-state index in [1.807, 2.05) is 7.05 Å². The lowest BCUT2D eigenvalue weighted by atomic mass is 10.4. The number of aromatic nitrogens is 1. The molecule has 1 N–H and O–H groups in total. The fraction of sp³-hybridized carbons (Fsp3) is 0.688. The van der Waals surface area contributed by atoms with Gasteiger partial charge >= 0.3 is 0 Å². The first kappa shape index (κ1) is 17.3. The van der Waals surface area contributed by atoms with E-state index in [4.69, 9.17) is 4.74 Å². The maximum atomic E-state index is 5.65. The van der Waals surface area contributed by atoms with E-state index in [0.717, 1.165) is 49.1 Å². The van der Waals surface area contributed by atoms with Crippen molar-refractivity contribution >= 4 is 21.9 Å². The van der Waals surface area contributed by atoms with Gasteiger partial charge in [-0.25, -0.2) is 0 Å². The minimum absolute atomic E-state index is 0.819. The molecule has 22 heavy (non-hydrogen) atoms. The lowest BCUT2D eigenvalue weighted by molar-refractivity contribution is 0.122. The standard InChI is InChI=1S/C16H27BrN4O/c1-18-16(19-7-4-8-22-12-13-5-6-13)21(3)11-15-9-14(17)10-20(15)2/h9-10,13H,4-8,11-12H2,1-3H3,(H,18,19). The van der Waals surface area contributed by atoms with Crippen molar-refractivity contribution in [1.82, 2.24) is 14.8 Å². The van der Waals surface area contributed by atoms with E-state index in [0.29, 0.717) is 0 Å². The maximum absolute atomic E-state index is 5.65. The van der Waals surface area contributed by atoms with Crippen molar-refractivity contribution in [2.75, 3.05) is 33.9 Å². The van der Waals surface area contributed by atoms with Crippen LogP contribution in [0.2, 0.25) is 0 Å². The van der Waals surface area contributed by atoms with Gasteiger partial charge in [0.25, 0.3) is 0 Å². The van der Waals surface area contributed by atoms with Gasteiger partial charge in [0, 0.05) is 57.3 Å². The summed E-state index contributed by atoms with van der Waals surface area (Å²) >= 11 is 3.51. The molecule has 1 aliphatic carbocycles. The summed E-state index contributed by atoms with van der Waals surface area (Å²) in [4.78, 5) is 6.48. The number of aliphatic imine (C=N–C) groups is 1. The predicted molar refractivity (Wildman–Crippen MR) is 94.1 cm³/mol. The summed E-state index contributed by atoms with van der Waals surface area (Å²) in [6.45, 7) is 3.48. The second-order valence-electron chi connectivity index (χ2n) is 5.96. The van der Waals surface area contributed by atoms with Crippen LogP contribution in [-0.4, -0.2) is 49.3 Å². The van der Waals surface area contributed by atoms with E-state index in [-0.39, 0.29) is 0 Å². The summed E-state index contributed by atoms with van der Waals surface area (Å²) in [6.07, 6.45) is 5.78. The maximum Gasteiger partial charge on any atom is 0.193 e. The molecule has 0 spiro atoms. The monoisotopic (exact) mass is 370 g/mol. The molecule has 0 radical (unpaired) electrons. The van der Waals surface area contributed by atoms with Crippen molar-refractivity contribution in [3.05, 3.63) is 22.4 Å². The molecule has 0 bridgehead atoms. The Bertz CT molecular complexity index is 496. The molecule has 0 amide bonds. The van der Waals surface area contributed by atoms with E-state index in [2.05, 4.69) is 62.1 Å². The smallest absolute Gasteiger partial charge is 0.193 e. The first-order chi connectivity index (χ1) is 10.6. The number of nitrogens with one attached hydrogen (secondary N) is 1. The van der Waals surface area contributed by atoms with Crippen molar-refractivity contribution in [1.29, 1.82) is 0 Å². The lowest BCUT2D eigenvalue weighted by Crippen LogP contribution is -2.39. The molecular formula is C16H27BrN4O.